The lowest BCUT2D eigenvalue weighted by molar-refractivity contribution is -0.142. The second-order valence-corrected chi connectivity index (χ2v) is 8.86. The van der Waals surface area contributed by atoms with Gasteiger partial charge in [0, 0.05) is 18.5 Å². The number of ketones is 1. The number of aromatic hydroxyl groups is 1. The number of piperidine rings is 1. The molecule has 7 heteroatoms. The molecule has 2 aliphatic heterocycles. The number of phenols is 1. The molecule has 0 bridgehead atoms. The molecule has 7 nitrogen and oxygen atoms in total. The molecule has 5 rings (SSSR count). The first-order chi connectivity index (χ1) is 16.5. The molecule has 2 saturated heterocycles. The second-order valence-electron chi connectivity index (χ2n) is 8.86. The Bertz CT molecular complexity index is 1230. The summed E-state index contributed by atoms with van der Waals surface area (Å²) in [6, 6.07) is 18.2. The van der Waals surface area contributed by atoms with Crippen LogP contribution in [-0.2, 0) is 20.7 Å². The van der Waals surface area contributed by atoms with Crippen molar-refractivity contribution >= 4 is 28.4 Å². The SMILES string of the molecule is O=C(N[C@@H](Cc1ccc(O)cc1)C(=O)N1CCC[C@H]2OCC(=O)C21)c1cccc2ccccc12. The molecule has 3 aromatic carbocycles. The molecule has 2 amide bonds. The van der Waals surface area contributed by atoms with Crippen LogP contribution in [0.2, 0.25) is 0 Å². The minimum absolute atomic E-state index is 0.0180. The first kappa shape index (κ1) is 22.1. The van der Waals surface area contributed by atoms with Crippen molar-refractivity contribution in [1.82, 2.24) is 10.2 Å². The highest BCUT2D eigenvalue weighted by Crippen LogP contribution is 2.27. The predicted molar refractivity (Wildman–Crippen MR) is 126 cm³/mol. The van der Waals surface area contributed by atoms with Crippen LogP contribution in [0.1, 0.15) is 28.8 Å². The molecule has 0 aromatic heterocycles. The van der Waals surface area contributed by atoms with Gasteiger partial charge in [-0.15, -0.1) is 0 Å². The molecule has 0 aliphatic carbocycles. The summed E-state index contributed by atoms with van der Waals surface area (Å²) < 4.78 is 5.60. The molecule has 2 aliphatic rings. The number of carbonyl (C=O) groups excluding carboxylic acids is 3. The van der Waals surface area contributed by atoms with Crippen LogP contribution in [0.3, 0.4) is 0 Å². The van der Waals surface area contributed by atoms with E-state index in [2.05, 4.69) is 5.32 Å². The Balaban J connectivity index is 1.45. The van der Waals surface area contributed by atoms with Gasteiger partial charge in [-0.05, 0) is 47.4 Å². The summed E-state index contributed by atoms with van der Waals surface area (Å²) in [5, 5.41) is 14.3. The van der Waals surface area contributed by atoms with Crippen molar-refractivity contribution in [1.29, 1.82) is 0 Å². The molecular weight excluding hydrogens is 432 g/mol. The molecule has 34 heavy (non-hydrogen) atoms. The zero-order chi connectivity index (χ0) is 23.7. The Morgan fingerprint density at radius 2 is 1.82 bits per heavy atom. The number of carbonyl (C=O) groups is 3. The van der Waals surface area contributed by atoms with Gasteiger partial charge in [0.05, 0.1) is 6.10 Å². The highest BCUT2D eigenvalue weighted by Gasteiger charge is 2.45. The topological polar surface area (TPSA) is 95.9 Å². The number of hydrogen-bond acceptors (Lipinski definition) is 5. The number of phenolic OH excluding ortho intramolecular Hbond substituents is 1. The summed E-state index contributed by atoms with van der Waals surface area (Å²) in [6.07, 6.45) is 1.43. The van der Waals surface area contributed by atoms with Gasteiger partial charge in [0.1, 0.15) is 24.4 Å². The Morgan fingerprint density at radius 3 is 2.65 bits per heavy atom. The first-order valence-corrected chi connectivity index (χ1v) is 11.5. The van der Waals surface area contributed by atoms with Crippen molar-refractivity contribution in [3.63, 3.8) is 0 Å². The number of nitrogens with one attached hydrogen (secondary N) is 1. The number of rotatable bonds is 5. The van der Waals surface area contributed by atoms with Crippen LogP contribution in [-0.4, -0.2) is 58.9 Å². The molecule has 174 valence electrons. The van der Waals surface area contributed by atoms with Crippen LogP contribution >= 0.6 is 0 Å². The van der Waals surface area contributed by atoms with Crippen molar-refractivity contribution in [2.24, 2.45) is 0 Å². The van der Waals surface area contributed by atoms with Crippen LogP contribution in [0.4, 0.5) is 0 Å². The third-order valence-corrected chi connectivity index (χ3v) is 6.64. The average molecular weight is 459 g/mol. The van der Waals surface area contributed by atoms with Crippen LogP contribution in [0.25, 0.3) is 10.8 Å². The molecular formula is C27H26N2O5. The van der Waals surface area contributed by atoms with E-state index in [0.717, 1.165) is 29.2 Å². The largest absolute Gasteiger partial charge is 0.508 e. The number of fused-ring (bicyclic) bond motifs is 2. The number of nitrogens with zero attached hydrogens (tertiary/aromatic N) is 1. The minimum Gasteiger partial charge on any atom is -0.508 e. The maximum absolute atomic E-state index is 13.7. The minimum atomic E-state index is -0.872. The Kier molecular flexibility index (Phi) is 6.02. The summed E-state index contributed by atoms with van der Waals surface area (Å²) in [6.45, 7) is 0.468. The Hall–Kier alpha value is -3.71. The first-order valence-electron chi connectivity index (χ1n) is 11.5. The van der Waals surface area contributed by atoms with Crippen molar-refractivity contribution in [2.75, 3.05) is 13.2 Å². The Morgan fingerprint density at radius 1 is 1.06 bits per heavy atom. The van der Waals surface area contributed by atoms with Gasteiger partial charge >= 0.3 is 0 Å². The molecule has 0 radical (unpaired) electrons. The fourth-order valence-corrected chi connectivity index (χ4v) is 4.97. The monoisotopic (exact) mass is 458 g/mol. The zero-order valence-electron chi connectivity index (χ0n) is 18.6. The van der Waals surface area contributed by atoms with E-state index in [4.69, 9.17) is 4.74 Å². The molecule has 0 saturated carbocycles. The lowest BCUT2D eigenvalue weighted by Gasteiger charge is -2.37. The summed E-state index contributed by atoms with van der Waals surface area (Å²) in [7, 11) is 0. The number of benzene rings is 3. The number of amides is 2. The van der Waals surface area contributed by atoms with Gasteiger partial charge in [-0.2, -0.15) is 0 Å². The predicted octanol–water partition coefficient (Wildman–Crippen LogP) is 2.85. The number of ether oxygens (including phenoxy) is 1. The second kappa shape index (κ2) is 9.27. The van der Waals surface area contributed by atoms with Crippen molar-refractivity contribution in [3.8, 4) is 5.75 Å². The third kappa shape index (κ3) is 4.26. The van der Waals surface area contributed by atoms with Gasteiger partial charge in [0.2, 0.25) is 5.91 Å². The van der Waals surface area contributed by atoms with E-state index in [1.807, 2.05) is 36.4 Å². The van der Waals surface area contributed by atoms with E-state index in [1.54, 1.807) is 35.2 Å². The zero-order valence-corrected chi connectivity index (χ0v) is 18.6. The Labute approximate surface area is 197 Å². The summed E-state index contributed by atoms with van der Waals surface area (Å²) in [4.78, 5) is 41.2. The van der Waals surface area contributed by atoms with Crippen molar-refractivity contribution in [3.05, 3.63) is 77.9 Å². The maximum atomic E-state index is 13.7. The number of hydrogen-bond donors (Lipinski definition) is 2. The van der Waals surface area contributed by atoms with E-state index in [0.29, 0.717) is 12.1 Å². The molecule has 2 fully saturated rings. The molecule has 2 N–H and O–H groups in total. The van der Waals surface area contributed by atoms with Gasteiger partial charge in [-0.3, -0.25) is 14.4 Å². The lowest BCUT2D eigenvalue weighted by atomic mass is 9.95. The van der Waals surface area contributed by atoms with E-state index in [-0.39, 0.29) is 42.5 Å². The van der Waals surface area contributed by atoms with Crippen LogP contribution in [0, 0.1) is 0 Å². The fraction of sp³-hybridized carbons (Fsp3) is 0.296. The lowest BCUT2D eigenvalue weighted by Crippen LogP contribution is -2.58. The maximum Gasteiger partial charge on any atom is 0.252 e. The summed E-state index contributed by atoms with van der Waals surface area (Å²) >= 11 is 0. The van der Waals surface area contributed by atoms with Crippen LogP contribution in [0.5, 0.6) is 5.75 Å². The van der Waals surface area contributed by atoms with E-state index in [1.165, 1.54) is 0 Å². The summed E-state index contributed by atoms with van der Waals surface area (Å²) in [5.41, 5.74) is 1.27. The number of Topliss-reactive ketones (excluding diaryl/α,β-unsaturated/α-hetero) is 1. The molecule has 0 spiro atoms. The quantitative estimate of drug-likeness (QED) is 0.613. The van der Waals surface area contributed by atoms with E-state index < -0.39 is 12.1 Å². The molecule has 1 unspecified atom stereocenters. The van der Waals surface area contributed by atoms with Gasteiger partial charge in [0.25, 0.3) is 5.91 Å². The van der Waals surface area contributed by atoms with Crippen LogP contribution < -0.4 is 5.32 Å². The smallest absolute Gasteiger partial charge is 0.252 e. The summed E-state index contributed by atoms with van der Waals surface area (Å²) in [5.74, 6) is -0.618. The van der Waals surface area contributed by atoms with Gasteiger partial charge in [-0.25, -0.2) is 0 Å². The van der Waals surface area contributed by atoms with E-state index in [9.17, 15) is 19.5 Å². The third-order valence-electron chi connectivity index (χ3n) is 6.64. The van der Waals surface area contributed by atoms with E-state index >= 15 is 0 Å². The average Bonchev–Trinajstić information content (AvgIpc) is 3.25. The normalized spacial score (nSPS) is 20.7. The van der Waals surface area contributed by atoms with Crippen molar-refractivity contribution < 1.29 is 24.2 Å². The highest BCUT2D eigenvalue weighted by atomic mass is 16.5. The van der Waals surface area contributed by atoms with Gasteiger partial charge in [-0.1, -0.05) is 48.5 Å². The standard InChI is InChI=1S/C27H26N2O5/c30-19-12-10-17(11-13-19)15-22(27(33)29-14-4-9-24-25(29)23(31)16-34-24)28-26(32)21-8-3-6-18-5-1-2-7-20(18)21/h1-3,5-8,10-13,22,24-25,30H,4,9,14-16H2,(H,28,32)/t22-,24+,25?/m0/s1. The molecule has 3 atom stereocenters. The number of likely N-dealkylation sites (tertiary alicyclic amines) is 1. The van der Waals surface area contributed by atoms with Crippen molar-refractivity contribution in [2.45, 2.75) is 37.5 Å². The van der Waals surface area contributed by atoms with Gasteiger partial charge < -0.3 is 20.1 Å². The highest BCUT2D eigenvalue weighted by molar-refractivity contribution is 6.08. The fourth-order valence-electron chi connectivity index (χ4n) is 4.97. The molecule has 2 heterocycles. The molecule has 3 aromatic rings. The van der Waals surface area contributed by atoms with Gasteiger partial charge in [0.15, 0.2) is 5.78 Å². The van der Waals surface area contributed by atoms with Crippen LogP contribution in [0.15, 0.2) is 66.7 Å².